The average Bonchev–Trinajstić information content (AvgIpc) is 3.17. The molecule has 0 amide bonds. The zero-order valence-corrected chi connectivity index (χ0v) is 11.2. The molecule has 2 fully saturated rings. The summed E-state index contributed by atoms with van der Waals surface area (Å²) in [7, 11) is 0. The van der Waals surface area contributed by atoms with Gasteiger partial charge < -0.3 is 10.6 Å². The maximum absolute atomic E-state index is 5.90. The van der Waals surface area contributed by atoms with Gasteiger partial charge in [-0.3, -0.25) is 4.90 Å². The van der Waals surface area contributed by atoms with Gasteiger partial charge in [-0.05, 0) is 43.4 Å². The maximum atomic E-state index is 5.90. The highest BCUT2D eigenvalue weighted by atomic mass is 15.3. The summed E-state index contributed by atoms with van der Waals surface area (Å²) in [5.41, 5.74) is 9.42. The first-order valence-corrected chi connectivity index (χ1v) is 7.06. The summed E-state index contributed by atoms with van der Waals surface area (Å²) in [6, 6.07) is 6.23. The van der Waals surface area contributed by atoms with Crippen LogP contribution in [-0.2, 0) is 0 Å². The van der Waals surface area contributed by atoms with Crippen LogP contribution >= 0.6 is 0 Å². The lowest BCUT2D eigenvalue weighted by Gasteiger charge is -2.37. The van der Waals surface area contributed by atoms with E-state index in [0.717, 1.165) is 24.7 Å². The second-order valence-corrected chi connectivity index (χ2v) is 5.78. The fourth-order valence-electron chi connectivity index (χ4n) is 2.80. The van der Waals surface area contributed by atoms with Gasteiger partial charge in [0.1, 0.15) is 0 Å². The maximum Gasteiger partial charge on any atom is 0.0417 e. The molecule has 1 aromatic rings. The summed E-state index contributed by atoms with van der Waals surface area (Å²) in [6.07, 6.45) is 2.91. The number of benzene rings is 1. The summed E-state index contributed by atoms with van der Waals surface area (Å²) in [5.74, 6) is 1.01. The molecule has 3 rings (SSSR count). The highest BCUT2D eigenvalue weighted by Crippen LogP contribution is 2.30. The van der Waals surface area contributed by atoms with E-state index in [9.17, 15) is 0 Å². The number of nitrogens with two attached hydrogens (primary N) is 1. The van der Waals surface area contributed by atoms with Crippen molar-refractivity contribution in [1.29, 1.82) is 0 Å². The molecule has 0 unspecified atom stereocenters. The van der Waals surface area contributed by atoms with Crippen molar-refractivity contribution in [2.24, 2.45) is 5.92 Å². The van der Waals surface area contributed by atoms with Crippen LogP contribution in [0.2, 0.25) is 0 Å². The largest absolute Gasteiger partial charge is 0.399 e. The van der Waals surface area contributed by atoms with E-state index in [0.29, 0.717) is 0 Å². The van der Waals surface area contributed by atoms with Crippen LogP contribution in [0, 0.1) is 12.8 Å². The normalized spacial score (nSPS) is 21.3. The monoisotopic (exact) mass is 245 g/mol. The molecular weight excluding hydrogens is 222 g/mol. The molecule has 1 aliphatic carbocycles. The second kappa shape index (κ2) is 4.81. The van der Waals surface area contributed by atoms with Gasteiger partial charge in [-0.1, -0.05) is 6.07 Å². The molecule has 0 spiro atoms. The Kier molecular flexibility index (Phi) is 3.16. The molecule has 0 radical (unpaired) electrons. The lowest BCUT2D eigenvalue weighted by molar-refractivity contribution is 0.248. The summed E-state index contributed by atoms with van der Waals surface area (Å²) in [6.45, 7) is 8.17. The number of nitrogens with zero attached hydrogens (tertiary/aromatic N) is 2. The third-order valence-electron chi connectivity index (χ3n) is 4.16. The number of hydrogen-bond donors (Lipinski definition) is 1. The Hall–Kier alpha value is -1.22. The number of anilines is 2. The van der Waals surface area contributed by atoms with E-state index in [1.165, 1.54) is 43.7 Å². The standard InChI is InChI=1S/C15H23N3/c1-12-2-5-14(16)10-15(12)18-8-6-17(7-9-18)11-13-3-4-13/h2,5,10,13H,3-4,6-9,11,16H2,1H3. The van der Waals surface area contributed by atoms with Crippen LogP contribution < -0.4 is 10.6 Å². The minimum absolute atomic E-state index is 0.871. The first-order chi connectivity index (χ1) is 8.72. The van der Waals surface area contributed by atoms with Crippen LogP contribution in [0.25, 0.3) is 0 Å². The Morgan fingerprint density at radius 3 is 2.56 bits per heavy atom. The molecule has 0 aromatic heterocycles. The summed E-state index contributed by atoms with van der Waals surface area (Å²) in [5, 5.41) is 0. The highest BCUT2D eigenvalue weighted by molar-refractivity contribution is 5.61. The van der Waals surface area contributed by atoms with E-state index in [2.05, 4.69) is 28.9 Å². The van der Waals surface area contributed by atoms with Crippen LogP contribution in [0.3, 0.4) is 0 Å². The molecule has 18 heavy (non-hydrogen) atoms. The Morgan fingerprint density at radius 2 is 1.89 bits per heavy atom. The Balaban J connectivity index is 1.62. The Morgan fingerprint density at radius 1 is 1.17 bits per heavy atom. The van der Waals surface area contributed by atoms with E-state index in [4.69, 9.17) is 5.73 Å². The van der Waals surface area contributed by atoms with E-state index in [1.54, 1.807) is 0 Å². The topological polar surface area (TPSA) is 32.5 Å². The molecule has 1 saturated carbocycles. The molecule has 3 nitrogen and oxygen atoms in total. The lowest BCUT2D eigenvalue weighted by atomic mass is 10.1. The highest BCUT2D eigenvalue weighted by Gasteiger charge is 2.26. The van der Waals surface area contributed by atoms with E-state index in [-0.39, 0.29) is 0 Å². The zero-order chi connectivity index (χ0) is 12.5. The van der Waals surface area contributed by atoms with Crippen molar-refractivity contribution in [2.75, 3.05) is 43.4 Å². The number of hydrogen-bond acceptors (Lipinski definition) is 3. The molecule has 2 N–H and O–H groups in total. The Labute approximate surface area is 110 Å². The Bertz CT molecular complexity index is 418. The van der Waals surface area contributed by atoms with Crippen LogP contribution in [0.1, 0.15) is 18.4 Å². The van der Waals surface area contributed by atoms with Crippen molar-refractivity contribution in [1.82, 2.24) is 4.90 Å². The van der Waals surface area contributed by atoms with Gasteiger partial charge in [0.25, 0.3) is 0 Å². The van der Waals surface area contributed by atoms with Gasteiger partial charge in [0.15, 0.2) is 0 Å². The number of nitrogen functional groups attached to an aromatic ring is 1. The van der Waals surface area contributed by atoms with Gasteiger partial charge in [0, 0.05) is 44.1 Å². The predicted molar refractivity (Wildman–Crippen MR) is 77.0 cm³/mol. The summed E-state index contributed by atoms with van der Waals surface area (Å²) < 4.78 is 0. The zero-order valence-electron chi connectivity index (χ0n) is 11.2. The fraction of sp³-hybridized carbons (Fsp3) is 0.600. The third-order valence-corrected chi connectivity index (χ3v) is 4.16. The van der Waals surface area contributed by atoms with Gasteiger partial charge in [0.2, 0.25) is 0 Å². The van der Waals surface area contributed by atoms with Gasteiger partial charge in [0.05, 0.1) is 0 Å². The average molecular weight is 245 g/mol. The number of rotatable bonds is 3. The molecule has 0 bridgehead atoms. The van der Waals surface area contributed by atoms with Gasteiger partial charge in [-0.25, -0.2) is 0 Å². The predicted octanol–water partition coefficient (Wildman–Crippen LogP) is 2.11. The second-order valence-electron chi connectivity index (χ2n) is 5.78. The van der Waals surface area contributed by atoms with E-state index < -0.39 is 0 Å². The molecular formula is C15H23N3. The first kappa shape index (κ1) is 11.8. The number of piperazine rings is 1. The van der Waals surface area contributed by atoms with Gasteiger partial charge in [-0.2, -0.15) is 0 Å². The quantitative estimate of drug-likeness (QED) is 0.828. The summed E-state index contributed by atoms with van der Waals surface area (Å²) in [4.78, 5) is 5.10. The SMILES string of the molecule is Cc1ccc(N)cc1N1CCN(CC2CC2)CC1. The molecule has 1 saturated heterocycles. The van der Waals surface area contributed by atoms with Gasteiger partial charge >= 0.3 is 0 Å². The molecule has 2 aliphatic rings. The van der Waals surface area contributed by atoms with Crippen LogP contribution in [0.4, 0.5) is 11.4 Å². The minimum atomic E-state index is 0.871. The molecule has 1 heterocycles. The van der Waals surface area contributed by atoms with Crippen LogP contribution in [0.5, 0.6) is 0 Å². The molecule has 3 heteroatoms. The van der Waals surface area contributed by atoms with Crippen molar-refractivity contribution < 1.29 is 0 Å². The lowest BCUT2D eigenvalue weighted by Crippen LogP contribution is -2.47. The minimum Gasteiger partial charge on any atom is -0.399 e. The van der Waals surface area contributed by atoms with E-state index in [1.807, 2.05) is 6.07 Å². The first-order valence-electron chi connectivity index (χ1n) is 7.06. The van der Waals surface area contributed by atoms with Crippen LogP contribution in [0.15, 0.2) is 18.2 Å². The van der Waals surface area contributed by atoms with Crippen molar-refractivity contribution in [3.05, 3.63) is 23.8 Å². The summed E-state index contributed by atoms with van der Waals surface area (Å²) >= 11 is 0. The molecule has 1 aromatic carbocycles. The van der Waals surface area contributed by atoms with Crippen molar-refractivity contribution in [3.63, 3.8) is 0 Å². The van der Waals surface area contributed by atoms with E-state index >= 15 is 0 Å². The third kappa shape index (κ3) is 2.61. The van der Waals surface area contributed by atoms with Gasteiger partial charge in [-0.15, -0.1) is 0 Å². The van der Waals surface area contributed by atoms with Crippen molar-refractivity contribution in [3.8, 4) is 0 Å². The van der Waals surface area contributed by atoms with Crippen molar-refractivity contribution in [2.45, 2.75) is 19.8 Å². The van der Waals surface area contributed by atoms with Crippen LogP contribution in [-0.4, -0.2) is 37.6 Å². The fourth-order valence-corrected chi connectivity index (χ4v) is 2.80. The number of aryl methyl sites for hydroxylation is 1. The molecule has 98 valence electrons. The van der Waals surface area contributed by atoms with Crippen molar-refractivity contribution >= 4 is 11.4 Å². The smallest absolute Gasteiger partial charge is 0.0417 e. The molecule has 1 aliphatic heterocycles. The molecule has 0 atom stereocenters.